The lowest BCUT2D eigenvalue weighted by Crippen LogP contribution is -2.26. The Labute approximate surface area is 316 Å². The van der Waals surface area contributed by atoms with Crippen molar-refractivity contribution in [2.24, 2.45) is 0 Å². The number of nitrogens with zero attached hydrogens (tertiary/aromatic N) is 1. The van der Waals surface area contributed by atoms with Gasteiger partial charge in [0.15, 0.2) is 6.29 Å². The second kappa shape index (κ2) is 39.8. The average molecular weight is 728 g/mol. The van der Waals surface area contributed by atoms with E-state index in [1.165, 1.54) is 103 Å². The van der Waals surface area contributed by atoms with Crippen LogP contribution in [0.4, 0.5) is 4.79 Å². The zero-order chi connectivity index (χ0) is 37.5. The lowest BCUT2D eigenvalue weighted by Gasteiger charge is -2.19. The van der Waals surface area contributed by atoms with Gasteiger partial charge in [0.25, 0.3) is 0 Å². The standard InChI is InChI=1S/C43H85NO7/c1-6-11-14-17-20-21-22-25-31-40(51-43(46)50-38-30-35-44(9-4)10-5)34-39-47-41(45)32-26-27-33-42(48-36-28-23-18-15-12-7-2)49-37-29-24-19-16-13-8-3/h40,42H,6-39H2,1-5H3. The summed E-state index contributed by atoms with van der Waals surface area (Å²) in [7, 11) is 0. The van der Waals surface area contributed by atoms with Gasteiger partial charge < -0.3 is 28.6 Å². The zero-order valence-corrected chi connectivity index (χ0v) is 34.5. The van der Waals surface area contributed by atoms with Gasteiger partial charge in [0.1, 0.15) is 6.10 Å². The molecule has 0 N–H and O–H groups in total. The van der Waals surface area contributed by atoms with E-state index < -0.39 is 6.16 Å². The molecule has 8 heteroatoms. The summed E-state index contributed by atoms with van der Waals surface area (Å²) < 4.78 is 29.0. The van der Waals surface area contributed by atoms with Crippen LogP contribution in [-0.4, -0.2) is 75.5 Å². The second-order valence-electron chi connectivity index (χ2n) is 14.4. The smallest absolute Gasteiger partial charge is 0.466 e. The van der Waals surface area contributed by atoms with Crippen LogP contribution >= 0.6 is 0 Å². The van der Waals surface area contributed by atoms with E-state index in [2.05, 4.69) is 39.5 Å². The Hall–Kier alpha value is -1.38. The van der Waals surface area contributed by atoms with Crippen LogP contribution in [0.2, 0.25) is 0 Å². The van der Waals surface area contributed by atoms with Crippen molar-refractivity contribution in [2.75, 3.05) is 46.1 Å². The zero-order valence-electron chi connectivity index (χ0n) is 34.5. The van der Waals surface area contributed by atoms with Crippen LogP contribution < -0.4 is 0 Å². The van der Waals surface area contributed by atoms with Crippen LogP contribution in [0.5, 0.6) is 0 Å². The fourth-order valence-corrected chi connectivity index (χ4v) is 6.29. The van der Waals surface area contributed by atoms with Crippen LogP contribution in [0.3, 0.4) is 0 Å². The summed E-state index contributed by atoms with van der Waals surface area (Å²) in [5, 5.41) is 0. The maximum Gasteiger partial charge on any atom is 0.508 e. The molecule has 0 rings (SSSR count). The Morgan fingerprint density at radius 3 is 1.49 bits per heavy atom. The first-order valence-corrected chi connectivity index (χ1v) is 21.9. The van der Waals surface area contributed by atoms with Gasteiger partial charge in [-0.2, -0.15) is 0 Å². The largest absolute Gasteiger partial charge is 0.508 e. The van der Waals surface area contributed by atoms with E-state index in [0.29, 0.717) is 19.4 Å². The lowest BCUT2D eigenvalue weighted by atomic mass is 10.0. The molecule has 0 fully saturated rings. The first kappa shape index (κ1) is 49.6. The fraction of sp³-hybridized carbons (Fsp3) is 0.953. The van der Waals surface area contributed by atoms with Crippen LogP contribution in [-0.2, 0) is 28.5 Å². The lowest BCUT2D eigenvalue weighted by molar-refractivity contribution is -0.150. The van der Waals surface area contributed by atoms with E-state index in [9.17, 15) is 9.59 Å². The quantitative estimate of drug-likeness (QED) is 0.0350. The van der Waals surface area contributed by atoms with E-state index in [1.54, 1.807) is 0 Å². The third-order valence-electron chi connectivity index (χ3n) is 9.75. The van der Waals surface area contributed by atoms with E-state index in [0.717, 1.165) is 90.6 Å². The highest BCUT2D eigenvalue weighted by molar-refractivity contribution is 5.69. The highest BCUT2D eigenvalue weighted by Crippen LogP contribution is 2.16. The SMILES string of the molecule is CCCCCCCCCCC(CCOC(=O)CCCCC(OCCCCCCCC)OCCCCCCCC)OC(=O)OCCCN(CC)CC. The second-order valence-corrected chi connectivity index (χ2v) is 14.4. The number of ether oxygens (including phenoxy) is 5. The predicted octanol–water partition coefficient (Wildman–Crippen LogP) is 12.3. The molecule has 0 aromatic heterocycles. The summed E-state index contributed by atoms with van der Waals surface area (Å²) in [4.78, 5) is 27.4. The van der Waals surface area contributed by atoms with Crippen molar-refractivity contribution < 1.29 is 33.3 Å². The van der Waals surface area contributed by atoms with Crippen molar-refractivity contribution in [1.82, 2.24) is 4.90 Å². The Balaban J connectivity index is 4.57. The Morgan fingerprint density at radius 1 is 0.471 bits per heavy atom. The molecule has 0 heterocycles. The summed E-state index contributed by atoms with van der Waals surface area (Å²) >= 11 is 0. The normalized spacial score (nSPS) is 12.1. The van der Waals surface area contributed by atoms with Crippen LogP contribution in [0.15, 0.2) is 0 Å². The van der Waals surface area contributed by atoms with Crippen LogP contribution in [0.25, 0.3) is 0 Å². The van der Waals surface area contributed by atoms with Crippen molar-refractivity contribution in [2.45, 2.75) is 220 Å². The fourth-order valence-electron chi connectivity index (χ4n) is 6.29. The maximum absolute atomic E-state index is 12.6. The highest BCUT2D eigenvalue weighted by Gasteiger charge is 2.17. The van der Waals surface area contributed by atoms with Crippen LogP contribution in [0, 0.1) is 0 Å². The first-order valence-electron chi connectivity index (χ1n) is 21.9. The number of hydrogen-bond donors (Lipinski definition) is 0. The van der Waals surface area contributed by atoms with Crippen molar-refractivity contribution in [3.8, 4) is 0 Å². The number of hydrogen-bond acceptors (Lipinski definition) is 8. The van der Waals surface area contributed by atoms with Crippen LogP contribution in [0.1, 0.15) is 208 Å². The maximum atomic E-state index is 12.6. The molecule has 0 spiro atoms. The molecule has 0 aromatic rings. The molecule has 304 valence electrons. The third kappa shape index (κ3) is 35.4. The molecule has 0 saturated heterocycles. The molecule has 0 aromatic carbocycles. The molecule has 51 heavy (non-hydrogen) atoms. The van der Waals surface area contributed by atoms with Gasteiger partial charge in [0, 0.05) is 32.6 Å². The molecule has 0 aliphatic heterocycles. The molecule has 8 nitrogen and oxygen atoms in total. The van der Waals surface area contributed by atoms with Crippen molar-refractivity contribution >= 4 is 12.1 Å². The van der Waals surface area contributed by atoms with E-state index in [4.69, 9.17) is 23.7 Å². The van der Waals surface area contributed by atoms with Gasteiger partial charge in [0.2, 0.25) is 0 Å². The number of esters is 1. The number of rotatable bonds is 40. The molecule has 0 bridgehead atoms. The molecule has 0 saturated carbocycles. The van der Waals surface area contributed by atoms with Gasteiger partial charge in [-0.3, -0.25) is 4.79 Å². The van der Waals surface area contributed by atoms with Gasteiger partial charge in [-0.1, -0.05) is 144 Å². The number of carbonyl (C=O) groups is 2. The molecule has 0 radical (unpaired) electrons. The summed E-state index contributed by atoms with van der Waals surface area (Å²) in [5.74, 6) is -0.197. The summed E-state index contributed by atoms with van der Waals surface area (Å²) in [6, 6.07) is 0. The van der Waals surface area contributed by atoms with Crippen molar-refractivity contribution in [1.29, 1.82) is 0 Å². The summed E-state index contributed by atoms with van der Waals surface area (Å²) in [6.45, 7) is 16.0. The van der Waals surface area contributed by atoms with Gasteiger partial charge >= 0.3 is 12.1 Å². The molecular formula is C43H85NO7. The van der Waals surface area contributed by atoms with E-state index in [1.807, 2.05) is 0 Å². The monoisotopic (exact) mass is 728 g/mol. The summed E-state index contributed by atoms with van der Waals surface area (Å²) in [5.41, 5.74) is 0. The van der Waals surface area contributed by atoms with Gasteiger partial charge in [-0.05, 0) is 64.5 Å². The van der Waals surface area contributed by atoms with E-state index >= 15 is 0 Å². The minimum Gasteiger partial charge on any atom is -0.466 e. The Kier molecular flexibility index (Phi) is 38.7. The highest BCUT2D eigenvalue weighted by atomic mass is 16.7. The molecule has 1 atom stereocenters. The topological polar surface area (TPSA) is 83.5 Å². The van der Waals surface area contributed by atoms with Crippen molar-refractivity contribution in [3.05, 3.63) is 0 Å². The minimum absolute atomic E-state index is 0.196. The number of carbonyl (C=O) groups excluding carboxylic acids is 2. The molecular weight excluding hydrogens is 642 g/mol. The third-order valence-corrected chi connectivity index (χ3v) is 9.75. The van der Waals surface area contributed by atoms with Gasteiger partial charge in [-0.15, -0.1) is 0 Å². The Morgan fingerprint density at radius 2 is 0.961 bits per heavy atom. The molecule has 0 aliphatic carbocycles. The average Bonchev–Trinajstić information content (AvgIpc) is 3.13. The minimum atomic E-state index is -0.614. The van der Waals surface area contributed by atoms with Gasteiger partial charge in [-0.25, -0.2) is 4.79 Å². The first-order chi connectivity index (χ1) is 25.0. The van der Waals surface area contributed by atoms with E-state index in [-0.39, 0.29) is 25.0 Å². The molecule has 0 aliphatic rings. The predicted molar refractivity (Wildman–Crippen MR) is 212 cm³/mol. The van der Waals surface area contributed by atoms with Crippen molar-refractivity contribution in [3.63, 3.8) is 0 Å². The molecule has 0 amide bonds. The molecule has 1 unspecified atom stereocenters. The summed E-state index contributed by atoms with van der Waals surface area (Å²) in [6.07, 6.45) is 28.3. The number of unbranched alkanes of at least 4 members (excludes halogenated alkanes) is 18. The Bertz CT molecular complexity index is 715. The van der Waals surface area contributed by atoms with Gasteiger partial charge in [0.05, 0.1) is 13.2 Å².